The Kier molecular flexibility index (Phi) is 3.02. The average molecular weight is 299 g/mol. The summed E-state index contributed by atoms with van der Waals surface area (Å²) in [5.74, 6) is -0.171. The van der Waals surface area contributed by atoms with Crippen LogP contribution in [-0.2, 0) is 4.79 Å². The van der Waals surface area contributed by atoms with Crippen LogP contribution in [-0.4, -0.2) is 16.2 Å². The molecule has 82 valence electrons. The van der Waals surface area contributed by atoms with Crippen molar-refractivity contribution in [3.8, 4) is 5.75 Å². The van der Waals surface area contributed by atoms with Gasteiger partial charge in [-0.3, -0.25) is 4.79 Å². The van der Waals surface area contributed by atoms with E-state index < -0.39 is 0 Å². The summed E-state index contributed by atoms with van der Waals surface area (Å²) < 4.78 is 0.575. The van der Waals surface area contributed by atoms with Gasteiger partial charge in [-0.1, -0.05) is 6.07 Å². The van der Waals surface area contributed by atoms with Crippen molar-refractivity contribution in [2.45, 2.75) is 0 Å². The number of aromatic hydroxyl groups is 1. The molecule has 4 nitrogen and oxygen atoms in total. The van der Waals surface area contributed by atoms with Gasteiger partial charge in [0.25, 0.3) is 5.91 Å². The molecule has 6 heteroatoms. The van der Waals surface area contributed by atoms with Crippen LogP contribution in [0.3, 0.4) is 0 Å². The SMILES string of the molecule is NC1=NC(=O)/C(=C/c2ccc(O)c(Br)c2)S1. The molecule has 1 amide bonds. The molecule has 0 saturated carbocycles. The number of aliphatic imine (C=N–C) groups is 1. The summed E-state index contributed by atoms with van der Waals surface area (Å²) in [4.78, 5) is 15.4. The summed E-state index contributed by atoms with van der Waals surface area (Å²) in [7, 11) is 0. The number of hydrogen-bond donors (Lipinski definition) is 2. The fraction of sp³-hybridized carbons (Fsp3) is 0. The molecule has 0 atom stereocenters. The number of hydrogen-bond acceptors (Lipinski definition) is 4. The van der Waals surface area contributed by atoms with Gasteiger partial charge >= 0.3 is 0 Å². The Morgan fingerprint density at radius 1 is 1.50 bits per heavy atom. The number of phenolic OH excluding ortho intramolecular Hbond substituents is 1. The van der Waals surface area contributed by atoms with Gasteiger partial charge in [0, 0.05) is 0 Å². The number of rotatable bonds is 1. The lowest BCUT2D eigenvalue weighted by atomic mass is 10.2. The monoisotopic (exact) mass is 298 g/mol. The van der Waals surface area contributed by atoms with E-state index in [1.54, 1.807) is 24.3 Å². The molecule has 0 bridgehead atoms. The maximum absolute atomic E-state index is 11.3. The average Bonchev–Trinajstić information content (AvgIpc) is 2.51. The van der Waals surface area contributed by atoms with Crippen LogP contribution in [0.15, 0.2) is 32.6 Å². The van der Waals surface area contributed by atoms with Crippen LogP contribution in [0.5, 0.6) is 5.75 Å². The first kappa shape index (κ1) is 11.2. The number of carbonyl (C=O) groups excluding carboxylic acids is 1. The molecule has 0 unspecified atom stereocenters. The van der Waals surface area contributed by atoms with E-state index in [2.05, 4.69) is 20.9 Å². The van der Waals surface area contributed by atoms with Crippen LogP contribution in [0.25, 0.3) is 6.08 Å². The maximum Gasteiger partial charge on any atom is 0.286 e. The number of carbonyl (C=O) groups is 1. The topological polar surface area (TPSA) is 75.7 Å². The molecule has 1 heterocycles. The fourth-order valence-electron chi connectivity index (χ4n) is 1.19. The standard InChI is InChI=1S/C10H7BrN2O2S/c11-6-3-5(1-2-7(6)14)4-8-9(15)13-10(12)16-8/h1-4,14H,(H2,12,13,15)/b8-4-. The van der Waals surface area contributed by atoms with E-state index in [1.807, 2.05) is 0 Å². The van der Waals surface area contributed by atoms with E-state index in [4.69, 9.17) is 5.73 Å². The van der Waals surface area contributed by atoms with Crippen molar-refractivity contribution in [3.05, 3.63) is 33.1 Å². The second kappa shape index (κ2) is 4.31. The number of nitrogens with two attached hydrogens (primary N) is 1. The van der Waals surface area contributed by atoms with Gasteiger partial charge in [-0.2, -0.15) is 4.99 Å². The molecule has 0 spiro atoms. The molecule has 1 aliphatic heterocycles. The van der Waals surface area contributed by atoms with Crippen molar-refractivity contribution < 1.29 is 9.90 Å². The first-order valence-corrected chi connectivity index (χ1v) is 5.94. The minimum absolute atomic E-state index is 0.156. The third kappa shape index (κ3) is 2.28. The molecular formula is C10H7BrN2O2S. The van der Waals surface area contributed by atoms with Crippen molar-refractivity contribution in [1.29, 1.82) is 0 Å². The summed E-state index contributed by atoms with van der Waals surface area (Å²) >= 11 is 4.34. The van der Waals surface area contributed by atoms with Crippen LogP contribution < -0.4 is 5.73 Å². The number of halogens is 1. The third-order valence-corrected chi connectivity index (χ3v) is 3.35. The Morgan fingerprint density at radius 3 is 2.81 bits per heavy atom. The number of nitrogens with zero attached hydrogens (tertiary/aromatic N) is 1. The van der Waals surface area contributed by atoms with Gasteiger partial charge < -0.3 is 10.8 Å². The van der Waals surface area contributed by atoms with Crippen molar-refractivity contribution in [3.63, 3.8) is 0 Å². The quantitative estimate of drug-likeness (QED) is 0.779. The van der Waals surface area contributed by atoms with Gasteiger partial charge in [0.1, 0.15) is 5.75 Å². The number of thioether (sulfide) groups is 1. The Bertz CT molecular complexity index is 526. The molecule has 1 aromatic carbocycles. The maximum atomic E-state index is 11.3. The Labute approximate surface area is 104 Å². The lowest BCUT2D eigenvalue weighted by Gasteiger charge is -1.99. The number of phenols is 1. The van der Waals surface area contributed by atoms with Crippen LogP contribution in [0.1, 0.15) is 5.56 Å². The van der Waals surface area contributed by atoms with Gasteiger partial charge in [0.2, 0.25) is 0 Å². The van der Waals surface area contributed by atoms with Crippen LogP contribution >= 0.6 is 27.7 Å². The van der Waals surface area contributed by atoms with Crippen molar-refractivity contribution in [2.75, 3.05) is 0 Å². The Morgan fingerprint density at radius 2 is 2.25 bits per heavy atom. The molecule has 0 saturated heterocycles. The minimum Gasteiger partial charge on any atom is -0.507 e. The van der Waals surface area contributed by atoms with Gasteiger partial charge in [-0.15, -0.1) is 0 Å². The summed E-state index contributed by atoms with van der Waals surface area (Å²) in [5, 5.41) is 9.57. The molecule has 2 rings (SSSR count). The lowest BCUT2D eigenvalue weighted by molar-refractivity contribution is -0.113. The number of benzene rings is 1. The van der Waals surface area contributed by atoms with E-state index >= 15 is 0 Å². The Balaban J connectivity index is 2.31. The second-order valence-electron chi connectivity index (χ2n) is 3.08. The predicted molar refractivity (Wildman–Crippen MR) is 68.0 cm³/mol. The van der Waals surface area contributed by atoms with Gasteiger partial charge in [-0.05, 0) is 51.5 Å². The first-order valence-electron chi connectivity index (χ1n) is 4.33. The number of amidine groups is 1. The van der Waals surface area contributed by atoms with E-state index in [0.29, 0.717) is 9.38 Å². The zero-order valence-corrected chi connectivity index (χ0v) is 10.4. The summed E-state index contributed by atoms with van der Waals surface area (Å²) in [5.41, 5.74) is 6.22. The van der Waals surface area contributed by atoms with Crippen molar-refractivity contribution in [2.24, 2.45) is 10.7 Å². The van der Waals surface area contributed by atoms with E-state index in [0.717, 1.165) is 17.3 Å². The highest BCUT2D eigenvalue weighted by Gasteiger charge is 2.19. The molecule has 16 heavy (non-hydrogen) atoms. The van der Waals surface area contributed by atoms with E-state index in [9.17, 15) is 9.90 Å². The third-order valence-electron chi connectivity index (χ3n) is 1.91. The van der Waals surface area contributed by atoms with Crippen molar-refractivity contribution >= 4 is 44.8 Å². The molecule has 0 radical (unpaired) electrons. The fourth-order valence-corrected chi connectivity index (χ4v) is 2.27. The highest BCUT2D eigenvalue weighted by Crippen LogP contribution is 2.29. The zero-order chi connectivity index (χ0) is 11.7. The molecule has 3 N–H and O–H groups in total. The highest BCUT2D eigenvalue weighted by atomic mass is 79.9. The molecule has 1 aromatic rings. The van der Waals surface area contributed by atoms with E-state index in [1.165, 1.54) is 0 Å². The summed E-state index contributed by atoms with van der Waals surface area (Å²) in [6.07, 6.45) is 1.68. The summed E-state index contributed by atoms with van der Waals surface area (Å²) in [6, 6.07) is 4.96. The lowest BCUT2D eigenvalue weighted by Crippen LogP contribution is -2.01. The summed E-state index contributed by atoms with van der Waals surface area (Å²) in [6.45, 7) is 0. The largest absolute Gasteiger partial charge is 0.507 e. The molecule has 0 fully saturated rings. The van der Waals surface area contributed by atoms with Gasteiger partial charge in [0.05, 0.1) is 9.38 Å². The van der Waals surface area contributed by atoms with Gasteiger partial charge in [0.15, 0.2) is 5.17 Å². The molecular weight excluding hydrogens is 292 g/mol. The number of amides is 1. The molecule has 0 aromatic heterocycles. The highest BCUT2D eigenvalue weighted by molar-refractivity contribution is 9.10. The van der Waals surface area contributed by atoms with Crippen LogP contribution in [0.4, 0.5) is 0 Å². The normalized spacial score (nSPS) is 17.9. The van der Waals surface area contributed by atoms with Crippen molar-refractivity contribution in [1.82, 2.24) is 0 Å². The van der Waals surface area contributed by atoms with Gasteiger partial charge in [-0.25, -0.2) is 0 Å². The molecule has 0 aliphatic carbocycles. The van der Waals surface area contributed by atoms with Crippen LogP contribution in [0, 0.1) is 0 Å². The van der Waals surface area contributed by atoms with Crippen LogP contribution in [0.2, 0.25) is 0 Å². The second-order valence-corrected chi connectivity index (χ2v) is 4.99. The predicted octanol–water partition coefficient (Wildman–Crippen LogP) is 2.08. The minimum atomic E-state index is -0.327. The zero-order valence-electron chi connectivity index (χ0n) is 7.98. The Hall–Kier alpha value is -1.27. The molecule has 1 aliphatic rings. The smallest absolute Gasteiger partial charge is 0.286 e. The van der Waals surface area contributed by atoms with E-state index in [-0.39, 0.29) is 16.8 Å². The first-order chi connectivity index (χ1) is 7.56.